The van der Waals surface area contributed by atoms with Crippen molar-refractivity contribution in [2.75, 3.05) is 26.7 Å². The number of halogens is 1. The molecule has 4 nitrogen and oxygen atoms in total. The minimum atomic E-state index is -0.0674. The first kappa shape index (κ1) is 16.7. The second kappa shape index (κ2) is 9.74. The largest absolute Gasteiger partial charge is 0.494 e. The van der Waals surface area contributed by atoms with Crippen molar-refractivity contribution in [3.8, 4) is 5.75 Å². The van der Waals surface area contributed by atoms with Crippen molar-refractivity contribution in [3.63, 3.8) is 0 Å². The molecule has 1 rings (SSSR count). The number of nitrogens with one attached hydrogen (secondary N) is 2. The number of hydrogen-bond donors (Lipinski definition) is 2. The van der Waals surface area contributed by atoms with E-state index in [2.05, 4.69) is 10.6 Å². The highest BCUT2D eigenvalue weighted by Crippen LogP contribution is 2.13. The van der Waals surface area contributed by atoms with Crippen LogP contribution in [0, 0.1) is 0 Å². The van der Waals surface area contributed by atoms with Crippen molar-refractivity contribution >= 4 is 18.3 Å². The van der Waals surface area contributed by atoms with Gasteiger partial charge in [-0.1, -0.05) is 13.0 Å². The first-order valence-electron chi connectivity index (χ1n) is 5.93. The second-order valence-corrected chi connectivity index (χ2v) is 3.74. The molecule has 1 aromatic carbocycles. The fraction of sp³-hybridized carbons (Fsp3) is 0.462. The maximum Gasteiger partial charge on any atom is 0.251 e. The number of rotatable bonds is 7. The van der Waals surface area contributed by atoms with Gasteiger partial charge in [-0.15, -0.1) is 12.4 Å². The summed E-state index contributed by atoms with van der Waals surface area (Å²) in [5.74, 6) is 0.676. The number of likely N-dealkylation sites (N-methyl/N-ethyl adjacent to an activating group) is 1. The Balaban J connectivity index is 0.00000289. The summed E-state index contributed by atoms with van der Waals surface area (Å²) in [5, 5.41) is 5.80. The van der Waals surface area contributed by atoms with Crippen molar-refractivity contribution in [1.29, 1.82) is 0 Å². The maximum absolute atomic E-state index is 11.8. The van der Waals surface area contributed by atoms with Crippen molar-refractivity contribution in [3.05, 3.63) is 29.8 Å². The van der Waals surface area contributed by atoms with E-state index in [1.807, 2.05) is 26.1 Å². The van der Waals surface area contributed by atoms with Crippen molar-refractivity contribution in [1.82, 2.24) is 10.6 Å². The molecule has 0 aliphatic rings. The second-order valence-electron chi connectivity index (χ2n) is 3.74. The molecule has 0 aliphatic heterocycles. The lowest BCUT2D eigenvalue weighted by atomic mass is 10.2. The number of amides is 1. The summed E-state index contributed by atoms with van der Waals surface area (Å²) in [6, 6.07) is 7.25. The Bertz CT molecular complexity index is 359. The minimum Gasteiger partial charge on any atom is -0.494 e. The fourth-order valence-electron chi connectivity index (χ4n) is 1.35. The lowest BCUT2D eigenvalue weighted by Gasteiger charge is -2.07. The van der Waals surface area contributed by atoms with Gasteiger partial charge in [0.05, 0.1) is 6.61 Å². The van der Waals surface area contributed by atoms with Crippen LogP contribution in [0.3, 0.4) is 0 Å². The summed E-state index contributed by atoms with van der Waals surface area (Å²) in [6.07, 6.45) is 0.957. The van der Waals surface area contributed by atoms with Crippen molar-refractivity contribution < 1.29 is 9.53 Å². The average molecular weight is 273 g/mol. The quantitative estimate of drug-likeness (QED) is 0.745. The van der Waals surface area contributed by atoms with Crippen LogP contribution in [0.25, 0.3) is 0 Å². The lowest BCUT2D eigenvalue weighted by Crippen LogP contribution is -2.30. The smallest absolute Gasteiger partial charge is 0.251 e. The summed E-state index contributed by atoms with van der Waals surface area (Å²) in [4.78, 5) is 11.8. The Hall–Kier alpha value is -1.26. The Morgan fingerprint density at radius 2 is 2.11 bits per heavy atom. The third-order valence-electron chi connectivity index (χ3n) is 2.23. The molecule has 0 atom stereocenters. The zero-order chi connectivity index (χ0) is 12.5. The number of ether oxygens (including phenoxy) is 1. The number of carbonyl (C=O) groups excluding carboxylic acids is 1. The van der Waals surface area contributed by atoms with Gasteiger partial charge in [0.1, 0.15) is 5.75 Å². The fourth-order valence-corrected chi connectivity index (χ4v) is 1.35. The van der Waals surface area contributed by atoms with Gasteiger partial charge in [0.25, 0.3) is 5.91 Å². The van der Waals surface area contributed by atoms with Crippen LogP contribution in [0.2, 0.25) is 0 Å². The molecule has 0 saturated carbocycles. The van der Waals surface area contributed by atoms with Crippen molar-refractivity contribution in [2.45, 2.75) is 13.3 Å². The van der Waals surface area contributed by atoms with Crippen LogP contribution in [-0.2, 0) is 0 Å². The Labute approximate surface area is 115 Å². The standard InChI is InChI=1S/C13H20N2O2.ClH/c1-3-9-17-12-6-4-5-11(10-12)13(16)15-8-7-14-2;/h4-6,10,14H,3,7-9H2,1-2H3,(H,15,16);1H. The van der Waals surface area contributed by atoms with Crippen LogP contribution < -0.4 is 15.4 Å². The van der Waals surface area contributed by atoms with Crippen LogP contribution >= 0.6 is 12.4 Å². The van der Waals surface area contributed by atoms with E-state index in [0.717, 1.165) is 18.7 Å². The number of hydrogen-bond acceptors (Lipinski definition) is 3. The van der Waals surface area contributed by atoms with Gasteiger partial charge in [-0.25, -0.2) is 0 Å². The van der Waals surface area contributed by atoms with E-state index in [-0.39, 0.29) is 18.3 Å². The Kier molecular flexibility index (Phi) is 9.06. The highest BCUT2D eigenvalue weighted by atomic mass is 35.5. The molecule has 0 bridgehead atoms. The summed E-state index contributed by atoms with van der Waals surface area (Å²) < 4.78 is 5.48. The Morgan fingerprint density at radius 1 is 1.33 bits per heavy atom. The molecule has 0 saturated heterocycles. The van der Waals surface area contributed by atoms with E-state index in [4.69, 9.17) is 4.74 Å². The van der Waals surface area contributed by atoms with E-state index in [0.29, 0.717) is 18.7 Å². The summed E-state index contributed by atoms with van der Waals surface area (Å²) in [5.41, 5.74) is 0.634. The molecule has 5 heteroatoms. The van der Waals surface area contributed by atoms with E-state index in [9.17, 15) is 4.79 Å². The molecule has 1 amide bonds. The minimum absolute atomic E-state index is 0. The maximum atomic E-state index is 11.8. The van der Waals surface area contributed by atoms with Crippen LogP contribution in [0.4, 0.5) is 0 Å². The molecule has 0 aromatic heterocycles. The molecule has 0 spiro atoms. The predicted molar refractivity (Wildman–Crippen MR) is 75.7 cm³/mol. The van der Waals surface area contributed by atoms with E-state index in [1.54, 1.807) is 12.1 Å². The van der Waals surface area contributed by atoms with Crippen molar-refractivity contribution in [2.24, 2.45) is 0 Å². The van der Waals surface area contributed by atoms with E-state index < -0.39 is 0 Å². The van der Waals surface area contributed by atoms with Gasteiger partial charge >= 0.3 is 0 Å². The molecule has 18 heavy (non-hydrogen) atoms. The van der Waals surface area contributed by atoms with Gasteiger partial charge in [0, 0.05) is 18.7 Å². The number of benzene rings is 1. The Morgan fingerprint density at radius 3 is 2.78 bits per heavy atom. The third kappa shape index (κ3) is 5.89. The number of carbonyl (C=O) groups is 1. The normalized spacial score (nSPS) is 9.44. The molecular weight excluding hydrogens is 252 g/mol. The van der Waals surface area contributed by atoms with Gasteiger partial charge in [0.2, 0.25) is 0 Å². The first-order valence-corrected chi connectivity index (χ1v) is 5.93. The summed E-state index contributed by atoms with van der Waals surface area (Å²) in [6.45, 7) is 4.10. The van der Waals surface area contributed by atoms with Crippen LogP contribution in [-0.4, -0.2) is 32.7 Å². The summed E-state index contributed by atoms with van der Waals surface area (Å²) >= 11 is 0. The molecule has 0 unspecified atom stereocenters. The SMILES string of the molecule is CCCOc1cccc(C(=O)NCCNC)c1.Cl. The average Bonchev–Trinajstić information content (AvgIpc) is 2.37. The highest BCUT2D eigenvalue weighted by Gasteiger charge is 2.05. The van der Waals surface area contributed by atoms with Crippen LogP contribution in [0.1, 0.15) is 23.7 Å². The van der Waals surface area contributed by atoms with E-state index in [1.165, 1.54) is 0 Å². The zero-order valence-corrected chi connectivity index (χ0v) is 11.7. The lowest BCUT2D eigenvalue weighted by molar-refractivity contribution is 0.0953. The zero-order valence-electron chi connectivity index (χ0n) is 10.9. The van der Waals surface area contributed by atoms with Gasteiger partial charge in [-0.3, -0.25) is 4.79 Å². The summed E-state index contributed by atoms with van der Waals surface area (Å²) in [7, 11) is 1.85. The predicted octanol–water partition coefficient (Wildman–Crippen LogP) is 1.85. The molecule has 0 aliphatic carbocycles. The molecule has 1 aromatic rings. The van der Waals surface area contributed by atoms with Gasteiger partial charge < -0.3 is 15.4 Å². The van der Waals surface area contributed by atoms with E-state index >= 15 is 0 Å². The topological polar surface area (TPSA) is 50.4 Å². The van der Waals surface area contributed by atoms with Crippen LogP contribution in [0.5, 0.6) is 5.75 Å². The monoisotopic (exact) mass is 272 g/mol. The molecule has 0 radical (unpaired) electrons. The third-order valence-corrected chi connectivity index (χ3v) is 2.23. The molecule has 0 fully saturated rings. The van der Waals surface area contributed by atoms with Gasteiger partial charge in [-0.05, 0) is 31.7 Å². The molecular formula is C13H21ClN2O2. The highest BCUT2D eigenvalue weighted by molar-refractivity contribution is 5.94. The van der Waals surface area contributed by atoms with Crippen LogP contribution in [0.15, 0.2) is 24.3 Å². The first-order chi connectivity index (χ1) is 8.27. The molecule has 2 N–H and O–H groups in total. The van der Waals surface area contributed by atoms with Gasteiger partial charge in [0.15, 0.2) is 0 Å². The van der Waals surface area contributed by atoms with Gasteiger partial charge in [-0.2, -0.15) is 0 Å². The molecule has 0 heterocycles. The molecule has 102 valence electrons.